The smallest absolute Gasteiger partial charge is 0.254 e. The second kappa shape index (κ2) is 7.44. The molecule has 0 radical (unpaired) electrons. The first-order valence-corrected chi connectivity index (χ1v) is 7.95. The molecule has 3 rings (SSSR count). The predicted molar refractivity (Wildman–Crippen MR) is 93.9 cm³/mol. The van der Waals surface area contributed by atoms with Crippen LogP contribution in [0, 0.1) is 11.6 Å². The molecule has 0 saturated heterocycles. The van der Waals surface area contributed by atoms with Crippen molar-refractivity contribution in [1.82, 2.24) is 10.3 Å². The summed E-state index contributed by atoms with van der Waals surface area (Å²) in [5.41, 5.74) is 0.397. The molecule has 4 nitrogen and oxygen atoms in total. The van der Waals surface area contributed by atoms with Crippen LogP contribution >= 0.6 is 11.6 Å². The number of amides is 1. The van der Waals surface area contributed by atoms with Crippen LogP contribution in [0.1, 0.15) is 10.4 Å². The van der Waals surface area contributed by atoms with Crippen molar-refractivity contribution in [3.63, 3.8) is 0 Å². The van der Waals surface area contributed by atoms with Crippen molar-refractivity contribution in [3.05, 3.63) is 70.9 Å². The fourth-order valence-electron chi connectivity index (χ4n) is 2.40. The van der Waals surface area contributed by atoms with E-state index in [9.17, 15) is 13.6 Å². The summed E-state index contributed by atoms with van der Waals surface area (Å²) in [5.74, 6) is -1.62. The number of fused-ring (bicyclic) bond motifs is 1. The first-order chi connectivity index (χ1) is 12.1. The molecule has 2 N–H and O–H groups in total. The van der Waals surface area contributed by atoms with E-state index in [1.165, 1.54) is 24.4 Å². The average molecular weight is 362 g/mol. The number of benzene rings is 2. The molecule has 7 heteroatoms. The van der Waals surface area contributed by atoms with Crippen LogP contribution < -0.4 is 10.6 Å². The number of anilines is 1. The summed E-state index contributed by atoms with van der Waals surface area (Å²) in [6, 6.07) is 10.5. The van der Waals surface area contributed by atoms with E-state index in [0.29, 0.717) is 10.4 Å². The molecule has 3 aromatic rings. The van der Waals surface area contributed by atoms with Crippen LogP contribution in [0.5, 0.6) is 0 Å². The minimum absolute atomic E-state index is 0.0294. The Morgan fingerprint density at radius 3 is 2.68 bits per heavy atom. The third kappa shape index (κ3) is 3.69. The van der Waals surface area contributed by atoms with Gasteiger partial charge in [-0.1, -0.05) is 23.7 Å². The van der Waals surface area contributed by atoms with Crippen molar-refractivity contribution in [1.29, 1.82) is 0 Å². The molecule has 0 aliphatic rings. The van der Waals surface area contributed by atoms with Crippen molar-refractivity contribution in [3.8, 4) is 0 Å². The van der Waals surface area contributed by atoms with E-state index in [1.54, 1.807) is 24.3 Å². The van der Waals surface area contributed by atoms with Gasteiger partial charge in [-0.15, -0.1) is 0 Å². The van der Waals surface area contributed by atoms with E-state index in [4.69, 9.17) is 11.6 Å². The second-order valence-corrected chi connectivity index (χ2v) is 5.69. The molecule has 0 aliphatic heterocycles. The van der Waals surface area contributed by atoms with Gasteiger partial charge >= 0.3 is 0 Å². The molecule has 1 aromatic heterocycles. The number of rotatable bonds is 5. The van der Waals surface area contributed by atoms with Gasteiger partial charge in [-0.3, -0.25) is 9.78 Å². The number of halogens is 3. The van der Waals surface area contributed by atoms with Gasteiger partial charge in [0.15, 0.2) is 5.82 Å². The van der Waals surface area contributed by atoms with E-state index in [-0.39, 0.29) is 29.9 Å². The van der Waals surface area contributed by atoms with Gasteiger partial charge in [0.2, 0.25) is 0 Å². The van der Waals surface area contributed by atoms with Crippen molar-refractivity contribution >= 4 is 34.1 Å². The topological polar surface area (TPSA) is 54.0 Å². The Morgan fingerprint density at radius 2 is 1.88 bits per heavy atom. The van der Waals surface area contributed by atoms with E-state index < -0.39 is 17.5 Å². The number of carbonyl (C=O) groups excluding carboxylic acids is 1. The van der Waals surface area contributed by atoms with Gasteiger partial charge in [0, 0.05) is 24.7 Å². The quantitative estimate of drug-likeness (QED) is 0.675. The van der Waals surface area contributed by atoms with Gasteiger partial charge in [-0.2, -0.15) is 0 Å². The summed E-state index contributed by atoms with van der Waals surface area (Å²) in [7, 11) is 0. The minimum atomic E-state index is -0.587. The van der Waals surface area contributed by atoms with Gasteiger partial charge in [0.25, 0.3) is 5.91 Å². The van der Waals surface area contributed by atoms with Gasteiger partial charge in [-0.25, -0.2) is 8.78 Å². The van der Waals surface area contributed by atoms with Crippen molar-refractivity contribution in [2.24, 2.45) is 0 Å². The molecule has 25 heavy (non-hydrogen) atoms. The summed E-state index contributed by atoms with van der Waals surface area (Å²) in [4.78, 5) is 15.9. The van der Waals surface area contributed by atoms with Gasteiger partial charge in [0.1, 0.15) is 11.3 Å². The van der Waals surface area contributed by atoms with Crippen LogP contribution in [0.3, 0.4) is 0 Å². The number of pyridine rings is 1. The van der Waals surface area contributed by atoms with Crippen LogP contribution in [0.4, 0.5) is 14.5 Å². The number of carbonyl (C=O) groups is 1. The molecule has 0 aliphatic carbocycles. The van der Waals surface area contributed by atoms with Crippen LogP contribution in [-0.4, -0.2) is 24.0 Å². The first kappa shape index (κ1) is 17.1. The van der Waals surface area contributed by atoms with Crippen LogP contribution in [0.25, 0.3) is 10.9 Å². The van der Waals surface area contributed by atoms with E-state index >= 15 is 0 Å². The third-order valence-electron chi connectivity index (χ3n) is 3.64. The van der Waals surface area contributed by atoms with Gasteiger partial charge in [-0.05, 0) is 30.3 Å². The normalized spacial score (nSPS) is 10.7. The highest BCUT2D eigenvalue weighted by Gasteiger charge is 2.12. The van der Waals surface area contributed by atoms with Crippen LogP contribution in [0.15, 0.2) is 48.7 Å². The zero-order chi connectivity index (χ0) is 17.8. The summed E-state index contributed by atoms with van der Waals surface area (Å²) in [6.45, 7) is 0.469. The Kier molecular flexibility index (Phi) is 5.09. The maximum absolute atomic E-state index is 14.4. The standard InChI is InChI=1S/C18H14ClF2N3O/c19-13-7-8-23-17-11(13)5-6-15(16(17)21)22-9-10-24-18(25)12-3-1-2-4-14(12)20/h1-8,22H,9-10H2,(H,24,25). The molecule has 0 spiro atoms. The lowest BCUT2D eigenvalue weighted by atomic mass is 10.2. The summed E-state index contributed by atoms with van der Waals surface area (Å²) < 4.78 is 27.9. The van der Waals surface area contributed by atoms with E-state index in [1.807, 2.05) is 0 Å². The molecule has 2 aromatic carbocycles. The average Bonchev–Trinajstić information content (AvgIpc) is 2.61. The number of hydrogen-bond donors (Lipinski definition) is 2. The summed E-state index contributed by atoms with van der Waals surface area (Å²) in [5, 5.41) is 6.41. The number of hydrogen-bond acceptors (Lipinski definition) is 3. The highest BCUT2D eigenvalue weighted by Crippen LogP contribution is 2.27. The molecule has 1 heterocycles. The predicted octanol–water partition coefficient (Wildman–Crippen LogP) is 4.01. The molecule has 1 amide bonds. The Bertz CT molecular complexity index is 933. The largest absolute Gasteiger partial charge is 0.381 e. The molecule has 0 unspecified atom stereocenters. The van der Waals surface area contributed by atoms with Crippen molar-refractivity contribution in [2.75, 3.05) is 18.4 Å². The fourth-order valence-corrected chi connectivity index (χ4v) is 2.61. The Balaban J connectivity index is 1.61. The highest BCUT2D eigenvalue weighted by atomic mass is 35.5. The maximum atomic E-state index is 14.4. The fraction of sp³-hybridized carbons (Fsp3) is 0.111. The Hall–Kier alpha value is -2.73. The SMILES string of the molecule is O=C(NCCNc1ccc2c(Cl)ccnc2c1F)c1ccccc1F. The molecule has 0 bridgehead atoms. The monoisotopic (exact) mass is 361 g/mol. The minimum Gasteiger partial charge on any atom is -0.381 e. The number of aromatic nitrogens is 1. The molecule has 0 saturated carbocycles. The molecule has 0 atom stereocenters. The molecule has 128 valence electrons. The Labute approximate surface area is 147 Å². The van der Waals surface area contributed by atoms with Crippen LogP contribution in [0.2, 0.25) is 5.02 Å². The number of nitrogens with one attached hydrogen (secondary N) is 2. The highest BCUT2D eigenvalue weighted by molar-refractivity contribution is 6.35. The summed E-state index contributed by atoms with van der Waals surface area (Å²) >= 11 is 6.01. The van der Waals surface area contributed by atoms with E-state index in [2.05, 4.69) is 15.6 Å². The lowest BCUT2D eigenvalue weighted by molar-refractivity contribution is 0.0951. The number of nitrogens with zero attached hydrogens (tertiary/aromatic N) is 1. The molecular weight excluding hydrogens is 348 g/mol. The second-order valence-electron chi connectivity index (χ2n) is 5.28. The first-order valence-electron chi connectivity index (χ1n) is 7.57. The van der Waals surface area contributed by atoms with Gasteiger partial charge < -0.3 is 10.6 Å². The lowest BCUT2D eigenvalue weighted by Gasteiger charge is -2.11. The molecule has 0 fully saturated rings. The van der Waals surface area contributed by atoms with Crippen molar-refractivity contribution < 1.29 is 13.6 Å². The summed E-state index contributed by atoms with van der Waals surface area (Å²) in [6.07, 6.45) is 1.44. The Morgan fingerprint density at radius 1 is 1.08 bits per heavy atom. The third-order valence-corrected chi connectivity index (χ3v) is 3.97. The lowest BCUT2D eigenvalue weighted by Crippen LogP contribution is -2.29. The molecular formula is C18H14ClF2N3O. The van der Waals surface area contributed by atoms with E-state index in [0.717, 1.165) is 0 Å². The van der Waals surface area contributed by atoms with Crippen LogP contribution in [-0.2, 0) is 0 Å². The maximum Gasteiger partial charge on any atom is 0.254 e. The zero-order valence-electron chi connectivity index (χ0n) is 13.0. The van der Waals surface area contributed by atoms with Gasteiger partial charge in [0.05, 0.1) is 16.3 Å². The van der Waals surface area contributed by atoms with Crippen molar-refractivity contribution in [2.45, 2.75) is 0 Å². The zero-order valence-corrected chi connectivity index (χ0v) is 13.8.